The minimum Gasteiger partial charge on any atom is -0.507 e. The van der Waals surface area contributed by atoms with Crippen LogP contribution in [0.1, 0.15) is 36.1 Å². The third-order valence-electron chi connectivity index (χ3n) is 6.23. The van der Waals surface area contributed by atoms with E-state index in [4.69, 9.17) is 4.74 Å². The lowest BCUT2D eigenvalue weighted by Crippen LogP contribution is -2.31. The van der Waals surface area contributed by atoms with Crippen LogP contribution >= 0.6 is 0 Å². The van der Waals surface area contributed by atoms with Crippen molar-refractivity contribution in [3.05, 3.63) is 89.7 Å². The van der Waals surface area contributed by atoms with Crippen molar-refractivity contribution in [3.63, 3.8) is 0 Å². The molecule has 2 amide bonds. The molecule has 7 heteroatoms. The van der Waals surface area contributed by atoms with Gasteiger partial charge in [-0.05, 0) is 54.8 Å². The van der Waals surface area contributed by atoms with Gasteiger partial charge in [0.05, 0.1) is 25.3 Å². The molecule has 2 N–H and O–H groups in total. The first-order valence-corrected chi connectivity index (χ1v) is 10.8. The van der Waals surface area contributed by atoms with Gasteiger partial charge in [-0.25, -0.2) is 9.18 Å². The second-order valence-electron chi connectivity index (χ2n) is 8.18. The number of hydrogen-bond acceptors (Lipinski definition) is 4. The molecular weight excluding hydrogens is 423 g/mol. The Hall–Kier alpha value is -3.58. The van der Waals surface area contributed by atoms with Crippen molar-refractivity contribution < 1.29 is 24.1 Å². The summed E-state index contributed by atoms with van der Waals surface area (Å²) in [6.07, 6.45) is 0.0366. The van der Waals surface area contributed by atoms with E-state index in [9.17, 15) is 19.4 Å². The van der Waals surface area contributed by atoms with Gasteiger partial charge in [-0.1, -0.05) is 30.3 Å². The van der Waals surface area contributed by atoms with Crippen LogP contribution in [0.4, 0.5) is 14.9 Å². The Morgan fingerprint density at radius 1 is 1.06 bits per heavy atom. The number of para-hydroxylation sites is 1. The quantitative estimate of drug-likeness (QED) is 0.529. The second kappa shape index (κ2) is 9.50. The molecule has 0 spiro atoms. The van der Waals surface area contributed by atoms with E-state index in [2.05, 4.69) is 0 Å². The van der Waals surface area contributed by atoms with Gasteiger partial charge in [0.25, 0.3) is 0 Å². The summed E-state index contributed by atoms with van der Waals surface area (Å²) in [4.78, 5) is 16.7. The van der Waals surface area contributed by atoms with E-state index in [0.717, 1.165) is 5.69 Å². The number of halogens is 1. The van der Waals surface area contributed by atoms with Crippen LogP contribution in [0.5, 0.6) is 11.5 Å². The summed E-state index contributed by atoms with van der Waals surface area (Å²) in [6.45, 7) is 0. The zero-order valence-corrected chi connectivity index (χ0v) is 18.6. The number of methoxy groups -OCH3 is 1. The second-order valence-corrected chi connectivity index (χ2v) is 8.18. The van der Waals surface area contributed by atoms with E-state index in [1.54, 1.807) is 41.1 Å². The molecule has 3 aromatic rings. The molecule has 6 nitrogen and oxygen atoms in total. The number of benzene rings is 3. The molecule has 1 aliphatic rings. The van der Waals surface area contributed by atoms with Crippen LogP contribution in [0.15, 0.2) is 72.8 Å². The summed E-state index contributed by atoms with van der Waals surface area (Å²) >= 11 is 0. The molecule has 4 rings (SSSR count). The molecule has 1 heterocycles. The van der Waals surface area contributed by atoms with E-state index in [-0.39, 0.29) is 23.6 Å². The van der Waals surface area contributed by atoms with Gasteiger partial charge in [0.1, 0.15) is 17.3 Å². The molecule has 172 valence electrons. The highest BCUT2D eigenvalue weighted by Gasteiger charge is 2.46. The Kier molecular flexibility index (Phi) is 6.51. The summed E-state index contributed by atoms with van der Waals surface area (Å²) < 4.78 is 18.5. The zero-order chi connectivity index (χ0) is 23.5. The predicted molar refractivity (Wildman–Crippen MR) is 124 cm³/mol. The standard InChI is InChI=1S/C26H27FN2O4/c1-28-22(14-15-23(30)17-8-10-18(27)11-9-17)25(21-13-12-20(33-2)16-24(21)31)29(26(28)32)19-6-4-3-5-7-19/h3-13,16,22-23,25,30-31H,14-15H2,1-2H3/t22-,23+,25-/m1/s1. The fourth-order valence-corrected chi connectivity index (χ4v) is 4.45. The van der Waals surface area contributed by atoms with Crippen molar-refractivity contribution in [1.29, 1.82) is 0 Å². The van der Waals surface area contributed by atoms with Crippen molar-refractivity contribution in [2.75, 3.05) is 19.1 Å². The molecular formula is C26H27FN2O4. The molecule has 33 heavy (non-hydrogen) atoms. The number of likely N-dealkylation sites (N-methyl/N-ethyl adjacent to an activating group) is 1. The molecule has 1 saturated heterocycles. The summed E-state index contributed by atoms with van der Waals surface area (Å²) in [5.74, 6) is 0.191. The van der Waals surface area contributed by atoms with Gasteiger partial charge in [0.2, 0.25) is 0 Å². The van der Waals surface area contributed by atoms with E-state index >= 15 is 0 Å². The van der Waals surface area contributed by atoms with Gasteiger partial charge in [-0.3, -0.25) is 4.90 Å². The topological polar surface area (TPSA) is 73.2 Å². The highest BCUT2D eigenvalue weighted by Crippen LogP contribution is 2.44. The Balaban J connectivity index is 1.67. The Bertz CT molecular complexity index is 1110. The smallest absolute Gasteiger partial charge is 0.325 e. The minimum atomic E-state index is -0.801. The molecule has 0 unspecified atom stereocenters. The number of phenolic OH excluding ortho intramolecular Hbond substituents is 1. The highest BCUT2D eigenvalue weighted by molar-refractivity contribution is 5.95. The number of anilines is 1. The number of carbonyl (C=O) groups excluding carboxylic acids is 1. The van der Waals surface area contributed by atoms with Gasteiger partial charge in [0, 0.05) is 24.4 Å². The lowest BCUT2D eigenvalue weighted by atomic mass is 9.92. The average Bonchev–Trinajstić information content (AvgIpc) is 3.08. The minimum absolute atomic E-state index is 0.0347. The third kappa shape index (κ3) is 4.50. The molecule has 0 radical (unpaired) electrons. The summed E-state index contributed by atoms with van der Waals surface area (Å²) in [5, 5.41) is 21.5. The lowest BCUT2D eigenvalue weighted by Gasteiger charge is -2.29. The highest BCUT2D eigenvalue weighted by atomic mass is 19.1. The van der Waals surface area contributed by atoms with Gasteiger partial charge < -0.3 is 19.8 Å². The number of hydrogen-bond donors (Lipinski definition) is 2. The van der Waals surface area contributed by atoms with E-state index in [1.807, 2.05) is 30.3 Å². The summed E-state index contributed by atoms with van der Waals surface area (Å²) in [6, 6.07) is 19.2. The number of nitrogens with zero attached hydrogens (tertiary/aromatic N) is 2. The number of aromatic hydroxyl groups is 1. The molecule has 0 aliphatic carbocycles. The van der Waals surface area contributed by atoms with E-state index < -0.39 is 12.1 Å². The maximum absolute atomic E-state index is 13.3. The van der Waals surface area contributed by atoms with Gasteiger partial charge in [-0.15, -0.1) is 0 Å². The number of aliphatic hydroxyl groups is 1. The molecule has 1 aliphatic heterocycles. The Morgan fingerprint density at radius 3 is 2.39 bits per heavy atom. The Labute approximate surface area is 192 Å². The SMILES string of the molecule is COc1ccc([C@@H]2[C@@H](CC[C@H](O)c3ccc(F)cc3)N(C)C(=O)N2c2ccccc2)c(O)c1. The van der Waals surface area contributed by atoms with Crippen molar-refractivity contribution in [2.24, 2.45) is 0 Å². The molecule has 3 atom stereocenters. The maximum Gasteiger partial charge on any atom is 0.325 e. The first-order chi connectivity index (χ1) is 15.9. The lowest BCUT2D eigenvalue weighted by molar-refractivity contribution is 0.148. The number of amides is 2. The summed E-state index contributed by atoms with van der Waals surface area (Å²) in [7, 11) is 3.25. The van der Waals surface area contributed by atoms with Crippen LogP contribution in [0, 0.1) is 5.82 Å². The van der Waals surface area contributed by atoms with Crippen molar-refractivity contribution in [2.45, 2.75) is 31.0 Å². The van der Waals surface area contributed by atoms with Crippen molar-refractivity contribution >= 4 is 11.7 Å². The van der Waals surface area contributed by atoms with E-state index in [1.165, 1.54) is 25.3 Å². The number of carbonyl (C=O) groups is 1. The van der Waals surface area contributed by atoms with Crippen LogP contribution in [0.25, 0.3) is 0 Å². The molecule has 0 saturated carbocycles. The predicted octanol–water partition coefficient (Wildman–Crippen LogP) is 5.04. The fourth-order valence-electron chi connectivity index (χ4n) is 4.45. The van der Waals surface area contributed by atoms with Crippen LogP contribution in [-0.2, 0) is 0 Å². The van der Waals surface area contributed by atoms with Crippen LogP contribution < -0.4 is 9.64 Å². The van der Waals surface area contributed by atoms with Crippen molar-refractivity contribution in [1.82, 2.24) is 4.90 Å². The monoisotopic (exact) mass is 450 g/mol. The number of urea groups is 1. The van der Waals surface area contributed by atoms with E-state index in [0.29, 0.717) is 29.7 Å². The molecule has 0 bridgehead atoms. The molecule has 3 aromatic carbocycles. The van der Waals surface area contributed by atoms with Crippen LogP contribution in [-0.4, -0.2) is 41.3 Å². The number of phenols is 1. The molecule has 0 aromatic heterocycles. The first-order valence-electron chi connectivity index (χ1n) is 10.8. The fraction of sp³-hybridized carbons (Fsp3) is 0.269. The van der Waals surface area contributed by atoms with Crippen LogP contribution in [0.2, 0.25) is 0 Å². The van der Waals surface area contributed by atoms with Gasteiger partial charge in [0.15, 0.2) is 0 Å². The normalized spacial score (nSPS) is 19.1. The number of ether oxygens (including phenoxy) is 1. The zero-order valence-electron chi connectivity index (χ0n) is 18.6. The van der Waals surface area contributed by atoms with Crippen molar-refractivity contribution in [3.8, 4) is 11.5 Å². The number of aliphatic hydroxyl groups excluding tert-OH is 1. The largest absolute Gasteiger partial charge is 0.507 e. The maximum atomic E-state index is 13.3. The first kappa shape index (κ1) is 22.6. The average molecular weight is 451 g/mol. The number of rotatable bonds is 7. The third-order valence-corrected chi connectivity index (χ3v) is 6.23. The Morgan fingerprint density at radius 2 is 1.76 bits per heavy atom. The van der Waals surface area contributed by atoms with Gasteiger partial charge in [-0.2, -0.15) is 0 Å². The summed E-state index contributed by atoms with van der Waals surface area (Å²) in [5.41, 5.74) is 1.93. The van der Waals surface area contributed by atoms with Gasteiger partial charge >= 0.3 is 6.03 Å². The van der Waals surface area contributed by atoms with Crippen LogP contribution in [0.3, 0.4) is 0 Å². The molecule has 1 fully saturated rings.